The van der Waals surface area contributed by atoms with E-state index in [0.717, 1.165) is 241 Å². The molecule has 0 radical (unpaired) electrons. The fraction of sp³-hybridized carbons (Fsp3) is 0.667. The molecule has 0 amide bonds. The first-order valence-electron chi connectivity index (χ1n) is 39.4. The maximum atomic E-state index is 8.09. The van der Waals surface area contributed by atoms with E-state index in [1.807, 2.05) is 35.5 Å². The quantitative estimate of drug-likeness (QED) is 0.101. The van der Waals surface area contributed by atoms with Crippen LogP contribution in [0.1, 0.15) is 378 Å². The lowest BCUT2D eigenvalue weighted by Crippen LogP contribution is -2.27. The Balaban J connectivity index is 1.40. The van der Waals surface area contributed by atoms with Crippen LogP contribution in [0.2, 0.25) is 0 Å². The summed E-state index contributed by atoms with van der Waals surface area (Å²) >= 11 is 0. The molecule has 0 saturated heterocycles. The van der Waals surface area contributed by atoms with Crippen LogP contribution < -0.4 is 23.7 Å². The molecule has 5 aromatic rings. The monoisotopic (exact) mass is 1370 g/mol. The molecule has 5 aromatic carbocycles. The van der Waals surface area contributed by atoms with Gasteiger partial charge in [-0.3, -0.25) is 0 Å². The molecule has 0 heterocycles. The summed E-state index contributed by atoms with van der Waals surface area (Å²) in [5.74, 6) is 3.68. The van der Waals surface area contributed by atoms with Gasteiger partial charge in [0.1, 0.15) is 59.3 Å². The van der Waals surface area contributed by atoms with Crippen molar-refractivity contribution in [1.29, 1.82) is 0 Å². The van der Waals surface area contributed by atoms with Gasteiger partial charge in [-0.05, 0) is 180 Å². The summed E-state index contributed by atoms with van der Waals surface area (Å²) in [4.78, 5) is 0. The lowest BCUT2D eigenvalue weighted by molar-refractivity contribution is -0.0209. The molecular formula is C90H130O10. The third-order valence-electron chi connectivity index (χ3n) is 23.3. The summed E-state index contributed by atoms with van der Waals surface area (Å²) in [7, 11) is 9.31. The van der Waals surface area contributed by atoms with Crippen molar-refractivity contribution in [1.82, 2.24) is 0 Å². The van der Waals surface area contributed by atoms with E-state index >= 15 is 0 Å². The maximum Gasteiger partial charge on any atom is 0.131 e. The van der Waals surface area contributed by atoms with Crippen LogP contribution in [0.4, 0.5) is 0 Å². The first-order valence-corrected chi connectivity index (χ1v) is 39.4. The fourth-order valence-electron chi connectivity index (χ4n) is 17.2. The highest BCUT2D eigenvalue weighted by molar-refractivity contribution is 5.64. The van der Waals surface area contributed by atoms with Crippen molar-refractivity contribution >= 4 is 0 Å². The van der Waals surface area contributed by atoms with Crippen molar-refractivity contribution in [2.75, 3.05) is 35.5 Å². The normalized spacial score (nSPS) is 22.5. The Hall–Kier alpha value is -5.10. The molecule has 10 heteroatoms. The van der Waals surface area contributed by atoms with Gasteiger partial charge < -0.3 is 47.4 Å². The summed E-state index contributed by atoms with van der Waals surface area (Å²) in [5.41, 5.74) is 13.5. The van der Waals surface area contributed by atoms with Gasteiger partial charge in [-0.15, -0.1) is 0 Å². The molecule has 10 nitrogen and oxygen atoms in total. The number of benzene rings is 5. The molecule has 11 rings (SSSR count). The van der Waals surface area contributed by atoms with Crippen molar-refractivity contribution in [3.8, 4) is 28.7 Å². The van der Waals surface area contributed by atoms with Crippen LogP contribution in [0.3, 0.4) is 0 Å². The molecule has 5 saturated carbocycles. The van der Waals surface area contributed by atoms with Gasteiger partial charge in [0.05, 0.1) is 66.1 Å². The summed E-state index contributed by atoms with van der Waals surface area (Å²) in [6, 6.07) is 24.0. The second-order valence-electron chi connectivity index (χ2n) is 36.1. The molecule has 6 aliphatic carbocycles. The molecular weight excluding hydrogens is 1240 g/mol. The van der Waals surface area contributed by atoms with Gasteiger partial charge in [0, 0.05) is 55.6 Å². The molecule has 5 fully saturated rings. The number of rotatable bonds is 15. The van der Waals surface area contributed by atoms with Crippen LogP contribution >= 0.6 is 0 Å². The highest BCUT2D eigenvalue weighted by Gasteiger charge is 2.43. The zero-order valence-corrected chi connectivity index (χ0v) is 65.8. The van der Waals surface area contributed by atoms with Crippen LogP contribution in [0.5, 0.6) is 28.7 Å². The van der Waals surface area contributed by atoms with Crippen LogP contribution in [-0.2, 0) is 50.8 Å². The first kappa shape index (κ1) is 76.0. The lowest BCUT2D eigenvalue weighted by Gasteiger charge is -2.38. The van der Waals surface area contributed by atoms with E-state index in [1.165, 1.54) is 32.1 Å². The predicted octanol–water partition coefficient (Wildman–Crippen LogP) is 23.7. The van der Waals surface area contributed by atoms with Crippen molar-refractivity contribution in [2.24, 2.45) is 0 Å². The van der Waals surface area contributed by atoms with Crippen molar-refractivity contribution in [3.63, 3.8) is 0 Å². The average molecular weight is 1370 g/mol. The Kier molecular flexibility index (Phi) is 24.1. The van der Waals surface area contributed by atoms with Gasteiger partial charge in [-0.2, -0.15) is 0 Å². The number of hydrogen-bond acceptors (Lipinski definition) is 10. The van der Waals surface area contributed by atoms with Crippen LogP contribution in [0.15, 0.2) is 60.7 Å². The topological polar surface area (TPSA) is 92.3 Å². The van der Waals surface area contributed by atoms with E-state index in [0.29, 0.717) is 0 Å². The van der Waals surface area contributed by atoms with E-state index in [4.69, 9.17) is 47.4 Å². The largest absolute Gasteiger partial charge is 0.496 e. The van der Waals surface area contributed by atoms with E-state index in [-0.39, 0.29) is 57.6 Å². The van der Waals surface area contributed by atoms with Crippen molar-refractivity contribution in [3.05, 3.63) is 144 Å². The summed E-state index contributed by atoms with van der Waals surface area (Å²) in [5, 5.41) is 0. The van der Waals surface area contributed by atoms with E-state index in [2.05, 4.69) is 165 Å². The number of ether oxygens (including phenoxy) is 10. The van der Waals surface area contributed by atoms with Gasteiger partial charge in [-0.25, -0.2) is 0 Å². The molecule has 0 N–H and O–H groups in total. The Morgan fingerprint density at radius 2 is 0.320 bits per heavy atom. The Labute approximate surface area is 605 Å². The van der Waals surface area contributed by atoms with E-state index in [9.17, 15) is 0 Å². The van der Waals surface area contributed by atoms with Crippen LogP contribution in [0.25, 0.3) is 0 Å². The molecule has 6 aliphatic rings. The second kappa shape index (κ2) is 31.7. The Bertz CT molecular complexity index is 2880. The minimum Gasteiger partial charge on any atom is -0.496 e. The number of fused-ring (bicyclic) bond motifs is 10. The van der Waals surface area contributed by atoms with E-state index in [1.54, 1.807) is 0 Å². The van der Waals surface area contributed by atoms with Gasteiger partial charge in [0.2, 0.25) is 0 Å². The maximum absolute atomic E-state index is 8.09. The highest BCUT2D eigenvalue weighted by atomic mass is 16.5. The average Bonchev–Trinajstić information content (AvgIpc) is 0.740. The minimum atomic E-state index is -0.667. The summed E-state index contributed by atoms with van der Waals surface area (Å²) in [6.45, 7) is 35.1. The highest BCUT2D eigenvalue weighted by Crippen LogP contribution is 2.57. The molecule has 0 unspecified atom stereocenters. The molecule has 0 spiro atoms. The van der Waals surface area contributed by atoms with E-state index < -0.39 is 30.5 Å². The molecule has 0 aromatic heterocycles. The zero-order chi connectivity index (χ0) is 71.6. The van der Waals surface area contributed by atoms with Gasteiger partial charge in [0.15, 0.2) is 0 Å². The van der Waals surface area contributed by atoms with Gasteiger partial charge in [-0.1, -0.05) is 200 Å². The van der Waals surface area contributed by atoms with Crippen molar-refractivity contribution < 1.29 is 47.4 Å². The van der Waals surface area contributed by atoms with Crippen LogP contribution in [0, 0.1) is 0 Å². The Morgan fingerprint density at radius 1 is 0.200 bits per heavy atom. The fourth-order valence-corrected chi connectivity index (χ4v) is 17.2. The first-order chi connectivity index (χ1) is 47.5. The second-order valence-corrected chi connectivity index (χ2v) is 36.1. The third-order valence-corrected chi connectivity index (χ3v) is 23.3. The Morgan fingerprint density at radius 3 is 0.420 bits per heavy atom. The molecule has 0 aliphatic heterocycles. The molecule has 10 bridgehead atoms. The lowest BCUT2D eigenvalue weighted by atomic mass is 9.77. The molecule has 100 heavy (non-hydrogen) atoms. The number of hydrogen-bond donors (Lipinski definition) is 0. The standard InChI is InChI=1S/C90H130O10/c1-86(2,3)56-46-66-76(91-16)67(47-56)82(97-62-38-28-22-29-39-62)69-49-58(88(7,8)9)51-71(78(69)93-18)84(99-64-42-32-24-33-43-64)73-53-60(90(13,14)15)55-75(80(73)95-20)85(100-65-44-34-25-35-45-65)74-54-59(89(10,11)12)52-72(79(74)94-19)83(98-63-40-30-23-31-41-63)70-50-57(87(4,5)6)48-68(77(70)92-17)81(66)96-61-36-26-21-27-37-61/h46-55,61-65,81-85H,21-45H2,1-20H3. The van der Waals surface area contributed by atoms with Gasteiger partial charge in [0.25, 0.3) is 0 Å². The van der Waals surface area contributed by atoms with Crippen molar-refractivity contribution in [2.45, 2.75) is 352 Å². The minimum absolute atomic E-state index is 0.0295. The smallest absolute Gasteiger partial charge is 0.131 e. The predicted molar refractivity (Wildman–Crippen MR) is 407 cm³/mol. The third kappa shape index (κ3) is 17.0. The summed E-state index contributed by atoms with van der Waals surface area (Å²) < 4.78 is 76.8. The molecule has 0 atom stereocenters. The SMILES string of the molecule is COc1c2cc(C(C)(C)C)cc1C(OC1CCCCC1)c1cc(C(C)(C)C)cc(c1OC)C(OC1CCCCC1)c1cc(C(C)(C)C)cc(c1OC)C(OC1CCCCC1)c1cc(C(C)(C)C)cc(c1OC)C(OC1CCCCC1)c1cc(C(C)(C)C)cc(c1OC)C2OC1CCCCC1. The van der Waals surface area contributed by atoms with Crippen LogP contribution in [-0.4, -0.2) is 66.1 Å². The van der Waals surface area contributed by atoms with Gasteiger partial charge >= 0.3 is 0 Å². The number of methoxy groups -OCH3 is 5. The molecule has 550 valence electrons. The zero-order valence-electron chi connectivity index (χ0n) is 65.8. The summed E-state index contributed by atoms with van der Waals surface area (Å²) in [6.07, 6.45) is 23.0.